The monoisotopic (exact) mass is 380 g/mol. The lowest BCUT2D eigenvalue weighted by molar-refractivity contribution is -0.132. The molecule has 4 rings (SSSR count). The third-order valence-corrected chi connectivity index (χ3v) is 4.45. The highest BCUT2D eigenvalue weighted by molar-refractivity contribution is 5.97. The van der Waals surface area contributed by atoms with Crippen molar-refractivity contribution in [1.82, 2.24) is 0 Å². The van der Waals surface area contributed by atoms with Gasteiger partial charge in [0, 0.05) is 34.6 Å². The van der Waals surface area contributed by atoms with Crippen LogP contribution in [-0.4, -0.2) is 11.1 Å². The third-order valence-electron chi connectivity index (χ3n) is 4.45. The second-order valence-corrected chi connectivity index (χ2v) is 6.35. The normalized spacial score (nSPS) is 11.2. The molecule has 0 aliphatic heterocycles. The average Bonchev–Trinajstić information content (AvgIpc) is 3.15. The van der Waals surface area contributed by atoms with E-state index in [2.05, 4.69) is 4.90 Å². The summed E-state index contributed by atoms with van der Waals surface area (Å²) in [6.45, 7) is 0. The van der Waals surface area contributed by atoms with E-state index < -0.39 is 5.97 Å². The maximum Gasteiger partial charge on any atom is 0.346 e. The van der Waals surface area contributed by atoms with Gasteiger partial charge in [-0.2, -0.15) is 5.26 Å². The molecule has 0 saturated carbocycles. The van der Waals surface area contributed by atoms with Gasteiger partial charge >= 0.3 is 5.97 Å². The fourth-order valence-electron chi connectivity index (χ4n) is 3.14. The Morgan fingerprint density at radius 2 is 1.52 bits per heavy atom. The van der Waals surface area contributed by atoms with Crippen LogP contribution in [0.5, 0.6) is 0 Å². The molecule has 0 bridgehead atoms. The number of rotatable bonds is 5. The zero-order valence-electron chi connectivity index (χ0n) is 15.3. The predicted molar refractivity (Wildman–Crippen MR) is 112 cm³/mol. The number of nitrogens with zero attached hydrogens (tertiary/aromatic N) is 2. The number of benzene rings is 3. The molecule has 1 aromatic heterocycles. The molecule has 1 N–H and O–H groups in total. The highest BCUT2D eigenvalue weighted by Gasteiger charge is 2.14. The van der Waals surface area contributed by atoms with Gasteiger partial charge in [-0.3, -0.25) is 0 Å². The van der Waals surface area contributed by atoms with Crippen LogP contribution in [0.1, 0.15) is 5.76 Å². The Hall–Kier alpha value is -4.30. The van der Waals surface area contributed by atoms with Gasteiger partial charge in [0.05, 0.1) is 0 Å². The number of carbonyl (C=O) groups is 1. The maximum absolute atomic E-state index is 11.1. The number of hydrogen-bond acceptors (Lipinski definition) is 4. The van der Waals surface area contributed by atoms with Crippen LogP contribution >= 0.6 is 0 Å². The van der Waals surface area contributed by atoms with Crippen LogP contribution in [0.2, 0.25) is 0 Å². The number of furan rings is 1. The van der Waals surface area contributed by atoms with Crippen molar-refractivity contribution in [2.45, 2.75) is 0 Å². The van der Waals surface area contributed by atoms with E-state index in [1.807, 2.05) is 78.9 Å². The van der Waals surface area contributed by atoms with Crippen molar-refractivity contribution < 1.29 is 14.3 Å². The van der Waals surface area contributed by atoms with E-state index in [0.29, 0.717) is 11.3 Å². The molecule has 0 aliphatic rings. The Morgan fingerprint density at radius 3 is 2.07 bits per heavy atom. The minimum Gasteiger partial charge on any atom is -0.477 e. The largest absolute Gasteiger partial charge is 0.477 e. The number of carboxylic acids is 1. The van der Waals surface area contributed by atoms with Gasteiger partial charge in [0.2, 0.25) is 0 Å². The van der Waals surface area contributed by atoms with Crippen LogP contribution in [0.25, 0.3) is 17.0 Å². The van der Waals surface area contributed by atoms with Gasteiger partial charge < -0.3 is 14.4 Å². The molecule has 3 aromatic carbocycles. The fraction of sp³-hybridized carbons (Fsp3) is 0. The molecule has 0 amide bonds. The van der Waals surface area contributed by atoms with Gasteiger partial charge in [-0.1, -0.05) is 36.4 Å². The Labute approximate surface area is 167 Å². The van der Waals surface area contributed by atoms with Crippen molar-refractivity contribution in [2.75, 3.05) is 4.90 Å². The fourth-order valence-corrected chi connectivity index (χ4v) is 3.14. The Kier molecular flexibility index (Phi) is 4.83. The second-order valence-electron chi connectivity index (χ2n) is 6.35. The van der Waals surface area contributed by atoms with Crippen LogP contribution in [-0.2, 0) is 4.79 Å². The van der Waals surface area contributed by atoms with Crippen molar-refractivity contribution in [3.8, 4) is 6.07 Å². The van der Waals surface area contributed by atoms with E-state index in [0.717, 1.165) is 22.4 Å². The van der Waals surface area contributed by atoms with E-state index in [9.17, 15) is 4.79 Å². The number of fused-ring (bicyclic) bond motifs is 1. The first-order chi connectivity index (χ1) is 14.2. The molecule has 5 heteroatoms. The Bertz CT molecular complexity index is 1200. The highest BCUT2D eigenvalue weighted by Crippen LogP contribution is 2.36. The highest BCUT2D eigenvalue weighted by atomic mass is 16.4. The number of hydrogen-bond donors (Lipinski definition) is 1. The molecule has 29 heavy (non-hydrogen) atoms. The molecule has 1 heterocycles. The summed E-state index contributed by atoms with van der Waals surface area (Å²) in [6.07, 6.45) is 1.23. The third kappa shape index (κ3) is 3.73. The predicted octanol–water partition coefficient (Wildman–Crippen LogP) is 5.89. The topological polar surface area (TPSA) is 77.5 Å². The van der Waals surface area contributed by atoms with Gasteiger partial charge in [0.15, 0.2) is 0 Å². The quantitative estimate of drug-likeness (QED) is 0.345. The number of nitriles is 1. The van der Waals surface area contributed by atoms with Gasteiger partial charge in [-0.05, 0) is 42.5 Å². The van der Waals surface area contributed by atoms with Crippen molar-refractivity contribution in [2.24, 2.45) is 0 Å². The van der Waals surface area contributed by atoms with Gasteiger partial charge in [-0.25, -0.2) is 4.79 Å². The van der Waals surface area contributed by atoms with Crippen molar-refractivity contribution in [3.63, 3.8) is 0 Å². The molecule has 0 spiro atoms. The first-order valence-electron chi connectivity index (χ1n) is 8.94. The molecule has 0 radical (unpaired) electrons. The van der Waals surface area contributed by atoms with Gasteiger partial charge in [-0.15, -0.1) is 0 Å². The lowest BCUT2D eigenvalue weighted by atomic mass is 10.1. The second kappa shape index (κ2) is 7.75. The standard InChI is InChI=1S/C24H16N2O3/c25-16-18(24(27)28)14-22-13-17-11-12-21(15-23(17)29-22)26(19-7-3-1-4-8-19)20-9-5-2-6-10-20/h1-15H,(H,27,28). The van der Waals surface area contributed by atoms with Crippen LogP contribution in [0.15, 0.2) is 94.9 Å². The minimum absolute atomic E-state index is 0.321. The summed E-state index contributed by atoms with van der Waals surface area (Å²) >= 11 is 0. The molecule has 0 aliphatic carbocycles. The first-order valence-corrected chi connectivity index (χ1v) is 8.94. The molecule has 0 unspecified atom stereocenters. The van der Waals surface area contributed by atoms with E-state index in [-0.39, 0.29) is 5.57 Å². The van der Waals surface area contributed by atoms with E-state index in [1.54, 1.807) is 12.1 Å². The summed E-state index contributed by atoms with van der Waals surface area (Å²) in [5.41, 5.74) is 3.14. The lowest BCUT2D eigenvalue weighted by Crippen LogP contribution is -2.09. The number of anilines is 3. The average molecular weight is 380 g/mol. The molecule has 0 saturated heterocycles. The molecular formula is C24H16N2O3. The SMILES string of the molecule is N#CC(=Cc1cc2ccc(N(c3ccccc3)c3ccccc3)cc2o1)C(=O)O. The minimum atomic E-state index is -1.28. The van der Waals surface area contributed by atoms with Crippen LogP contribution in [0.3, 0.4) is 0 Å². The van der Waals surface area contributed by atoms with Crippen LogP contribution in [0, 0.1) is 11.3 Å². The Morgan fingerprint density at radius 1 is 0.897 bits per heavy atom. The number of aliphatic carboxylic acids is 1. The smallest absolute Gasteiger partial charge is 0.346 e. The molecular weight excluding hydrogens is 364 g/mol. The van der Waals surface area contributed by atoms with Crippen LogP contribution < -0.4 is 4.90 Å². The molecule has 140 valence electrons. The zero-order valence-corrected chi connectivity index (χ0v) is 15.3. The first kappa shape index (κ1) is 18.1. The summed E-state index contributed by atoms with van der Waals surface area (Å²) in [7, 11) is 0. The number of carboxylic acid groups (broad SMARTS) is 1. The Balaban J connectivity index is 1.81. The van der Waals surface area contributed by atoms with E-state index in [1.165, 1.54) is 6.08 Å². The van der Waals surface area contributed by atoms with Crippen molar-refractivity contribution in [3.05, 3.63) is 96.3 Å². The van der Waals surface area contributed by atoms with Crippen LogP contribution in [0.4, 0.5) is 17.1 Å². The van der Waals surface area contributed by atoms with Gasteiger partial charge in [0.25, 0.3) is 0 Å². The molecule has 0 fully saturated rings. The maximum atomic E-state index is 11.1. The summed E-state index contributed by atoms with van der Waals surface area (Å²) in [4.78, 5) is 13.2. The summed E-state index contributed by atoms with van der Waals surface area (Å²) in [6, 6.07) is 29.1. The summed E-state index contributed by atoms with van der Waals surface area (Å²) in [5.74, 6) is -0.963. The lowest BCUT2D eigenvalue weighted by Gasteiger charge is -2.25. The molecule has 0 atom stereocenters. The molecule has 5 nitrogen and oxygen atoms in total. The van der Waals surface area contributed by atoms with Crippen molar-refractivity contribution >= 4 is 40.1 Å². The summed E-state index contributed by atoms with van der Waals surface area (Å²) in [5, 5.41) is 18.8. The molecule has 4 aromatic rings. The van der Waals surface area contributed by atoms with Gasteiger partial charge in [0.1, 0.15) is 23.0 Å². The van der Waals surface area contributed by atoms with Crippen molar-refractivity contribution in [1.29, 1.82) is 5.26 Å². The zero-order chi connectivity index (χ0) is 20.2. The van der Waals surface area contributed by atoms with E-state index in [4.69, 9.17) is 14.8 Å². The van der Waals surface area contributed by atoms with E-state index >= 15 is 0 Å². The number of para-hydroxylation sites is 2. The summed E-state index contributed by atoms with van der Waals surface area (Å²) < 4.78 is 5.80.